The highest BCUT2D eigenvalue weighted by atomic mass is 16.5. The zero-order valence-electron chi connectivity index (χ0n) is 32.5. The molecule has 1 aliphatic heterocycles. The smallest absolute Gasteiger partial charge is 0.0647 e. The fraction of sp³-hybridized carbons (Fsp3) is 0.822. The average molecular weight is 670 g/mol. The molecule has 1 aliphatic rings. The van der Waals surface area contributed by atoms with Gasteiger partial charge in [0.25, 0.3) is 0 Å². The average Bonchev–Trinajstić information content (AvgIpc) is 3.10. The minimum Gasteiger partial charge on any atom is -0.390 e. The normalized spacial score (nSPS) is 15.0. The van der Waals surface area contributed by atoms with Gasteiger partial charge in [-0.15, -0.1) is 0 Å². The number of morpholine rings is 1. The maximum Gasteiger partial charge on any atom is 0.0647 e. The second kappa shape index (κ2) is 35.7. The first-order valence-corrected chi connectivity index (χ1v) is 21.3. The van der Waals surface area contributed by atoms with Crippen LogP contribution in [0.5, 0.6) is 0 Å². The summed E-state index contributed by atoms with van der Waals surface area (Å²) in [6.07, 6.45) is 54.8. The Morgan fingerprint density at radius 3 is 1.23 bits per heavy atom. The van der Waals surface area contributed by atoms with Crippen LogP contribution in [-0.4, -0.2) is 48.5 Å². The van der Waals surface area contributed by atoms with Crippen LogP contribution in [-0.2, 0) is 4.74 Å². The summed E-state index contributed by atoms with van der Waals surface area (Å²) in [6, 6.07) is 0. The van der Waals surface area contributed by atoms with Crippen LogP contribution in [0.2, 0.25) is 0 Å². The number of unbranched alkanes of at least 4 members (excludes halogenated alkanes) is 19. The fourth-order valence-electron chi connectivity index (χ4n) is 6.87. The number of hydrogen-bond donors (Lipinski definition) is 1. The highest BCUT2D eigenvalue weighted by molar-refractivity contribution is 4.93. The summed E-state index contributed by atoms with van der Waals surface area (Å²) < 4.78 is 5.51. The number of ether oxygens (including phenoxy) is 1. The van der Waals surface area contributed by atoms with Gasteiger partial charge in [0.2, 0.25) is 0 Å². The fourth-order valence-corrected chi connectivity index (χ4v) is 6.87. The van der Waals surface area contributed by atoms with Crippen molar-refractivity contribution in [3.63, 3.8) is 0 Å². The van der Waals surface area contributed by atoms with Gasteiger partial charge in [0.05, 0.1) is 18.8 Å². The lowest BCUT2D eigenvalue weighted by Gasteiger charge is -2.30. The molecule has 3 heteroatoms. The third-order valence-corrected chi connectivity index (χ3v) is 10.2. The van der Waals surface area contributed by atoms with Crippen molar-refractivity contribution >= 4 is 0 Å². The first kappa shape index (κ1) is 44.9. The van der Waals surface area contributed by atoms with Gasteiger partial charge in [-0.1, -0.05) is 152 Å². The summed E-state index contributed by atoms with van der Waals surface area (Å²) >= 11 is 0. The van der Waals surface area contributed by atoms with Gasteiger partial charge in [0, 0.05) is 13.1 Å². The molecule has 1 N–H and O–H groups in total. The highest BCUT2D eigenvalue weighted by Crippen LogP contribution is 2.29. The lowest BCUT2D eigenvalue weighted by Crippen LogP contribution is -2.37. The number of nitrogens with zero attached hydrogens (tertiary/aromatic N) is 1. The second-order valence-corrected chi connectivity index (χ2v) is 14.8. The molecule has 0 radical (unpaired) electrons. The van der Waals surface area contributed by atoms with E-state index < -0.39 is 5.60 Å². The molecule has 48 heavy (non-hydrogen) atoms. The third-order valence-electron chi connectivity index (χ3n) is 10.2. The Morgan fingerprint density at radius 2 is 0.812 bits per heavy atom. The summed E-state index contributed by atoms with van der Waals surface area (Å²) in [4.78, 5) is 2.54. The van der Waals surface area contributed by atoms with Gasteiger partial charge in [0.15, 0.2) is 0 Å². The lowest BCUT2D eigenvalue weighted by molar-refractivity contribution is 0.00462. The second-order valence-electron chi connectivity index (χ2n) is 14.8. The van der Waals surface area contributed by atoms with E-state index in [-0.39, 0.29) is 0 Å². The molecule has 0 atom stereocenters. The molecular weight excluding hydrogens is 587 g/mol. The van der Waals surface area contributed by atoms with Crippen LogP contribution in [0.15, 0.2) is 48.6 Å². The molecule has 3 nitrogen and oxygen atoms in total. The van der Waals surface area contributed by atoms with E-state index in [1.54, 1.807) is 0 Å². The molecule has 0 aromatic carbocycles. The molecular formula is C45H83NO2. The van der Waals surface area contributed by atoms with Crippen molar-refractivity contribution in [1.82, 2.24) is 4.90 Å². The maximum atomic E-state index is 11.7. The molecule has 0 amide bonds. The van der Waals surface area contributed by atoms with Crippen molar-refractivity contribution in [2.24, 2.45) is 0 Å². The Labute approximate surface area is 301 Å². The van der Waals surface area contributed by atoms with E-state index >= 15 is 0 Å². The quantitative estimate of drug-likeness (QED) is 0.0538. The summed E-state index contributed by atoms with van der Waals surface area (Å²) in [7, 11) is 0. The van der Waals surface area contributed by atoms with Gasteiger partial charge >= 0.3 is 0 Å². The molecule has 1 fully saturated rings. The van der Waals surface area contributed by atoms with E-state index in [0.29, 0.717) is 0 Å². The van der Waals surface area contributed by atoms with Gasteiger partial charge in [-0.3, -0.25) is 4.90 Å². The van der Waals surface area contributed by atoms with Crippen LogP contribution < -0.4 is 0 Å². The van der Waals surface area contributed by atoms with Crippen LogP contribution >= 0.6 is 0 Å². The molecule has 0 aliphatic carbocycles. The first-order valence-electron chi connectivity index (χ1n) is 21.3. The zero-order valence-corrected chi connectivity index (χ0v) is 32.5. The highest BCUT2D eigenvalue weighted by Gasteiger charge is 2.25. The van der Waals surface area contributed by atoms with E-state index in [4.69, 9.17) is 4.74 Å². The van der Waals surface area contributed by atoms with Crippen molar-refractivity contribution in [3.8, 4) is 0 Å². The van der Waals surface area contributed by atoms with Crippen molar-refractivity contribution in [2.45, 2.75) is 206 Å². The van der Waals surface area contributed by atoms with E-state index in [9.17, 15) is 5.11 Å². The Kier molecular flexibility index (Phi) is 33.3. The first-order chi connectivity index (χ1) is 23.7. The topological polar surface area (TPSA) is 32.7 Å². The largest absolute Gasteiger partial charge is 0.390 e. The molecule has 1 rings (SSSR count). The lowest BCUT2D eigenvalue weighted by atomic mass is 9.85. The summed E-state index contributed by atoms with van der Waals surface area (Å²) in [5.41, 5.74) is -0.449. The van der Waals surface area contributed by atoms with E-state index in [1.165, 1.54) is 148 Å². The van der Waals surface area contributed by atoms with Gasteiger partial charge < -0.3 is 9.84 Å². The van der Waals surface area contributed by atoms with Crippen LogP contribution in [0.3, 0.4) is 0 Å². The Bertz CT molecular complexity index is 715. The zero-order chi connectivity index (χ0) is 34.5. The van der Waals surface area contributed by atoms with Gasteiger partial charge in [-0.2, -0.15) is 0 Å². The van der Waals surface area contributed by atoms with Crippen molar-refractivity contribution < 1.29 is 9.84 Å². The minimum atomic E-state index is -0.449. The molecule has 1 saturated heterocycles. The van der Waals surface area contributed by atoms with Gasteiger partial charge in [0.1, 0.15) is 0 Å². The van der Waals surface area contributed by atoms with Crippen molar-refractivity contribution in [3.05, 3.63) is 48.6 Å². The van der Waals surface area contributed by atoms with E-state index in [1.807, 2.05) is 0 Å². The van der Waals surface area contributed by atoms with E-state index in [2.05, 4.69) is 67.4 Å². The van der Waals surface area contributed by atoms with Crippen LogP contribution in [0.4, 0.5) is 0 Å². The molecule has 0 bridgehead atoms. The van der Waals surface area contributed by atoms with Crippen LogP contribution in [0, 0.1) is 0 Å². The Hall–Kier alpha value is -1.16. The maximum absolute atomic E-state index is 11.7. The molecule has 280 valence electrons. The number of hydrogen-bond acceptors (Lipinski definition) is 3. The number of allylic oxidation sites excluding steroid dienone is 8. The number of rotatable bonds is 35. The van der Waals surface area contributed by atoms with Crippen molar-refractivity contribution in [1.29, 1.82) is 0 Å². The molecule has 0 spiro atoms. The molecule has 0 aromatic rings. The third kappa shape index (κ3) is 30.9. The molecule has 0 unspecified atom stereocenters. The summed E-state index contributed by atoms with van der Waals surface area (Å²) in [5, 5.41) is 11.7. The molecule has 0 saturated carbocycles. The van der Waals surface area contributed by atoms with Crippen LogP contribution in [0.1, 0.15) is 200 Å². The molecule has 0 aromatic heterocycles. The van der Waals surface area contributed by atoms with Crippen molar-refractivity contribution in [2.75, 3.05) is 32.8 Å². The monoisotopic (exact) mass is 670 g/mol. The summed E-state index contributed by atoms with van der Waals surface area (Å²) in [6.45, 7) is 9.60. The predicted octanol–water partition coefficient (Wildman–Crippen LogP) is 13.6. The van der Waals surface area contributed by atoms with Crippen LogP contribution in [0.25, 0.3) is 0 Å². The van der Waals surface area contributed by atoms with E-state index in [0.717, 1.165) is 71.4 Å². The predicted molar refractivity (Wildman–Crippen MR) is 214 cm³/mol. The van der Waals surface area contributed by atoms with Gasteiger partial charge in [-0.25, -0.2) is 0 Å². The Balaban J connectivity index is 2.17. The SMILES string of the molecule is CCCCC/C=C\C/C=C\CCCCCCCCC(O)(CCCCCCCC/C=C\C/C=C\CCCCC)CCCCN1CCOCC1. The minimum absolute atomic E-state index is 0.449. The standard InChI is InChI=1S/C45H83NO2/c1-3-5-7-9-11-13-15-17-19-21-23-25-27-29-31-33-37-45(47,39-35-36-40-46-41-43-48-44-42-46)38-34-32-30-28-26-24-22-20-18-16-14-12-10-8-6-4-2/h11-14,17-20,47H,3-10,15-16,21-44H2,1-2H3/b13-11-,14-12-,19-17-,20-18-. The number of aliphatic hydroxyl groups is 1. The summed E-state index contributed by atoms with van der Waals surface area (Å²) in [5.74, 6) is 0. The van der Waals surface area contributed by atoms with Gasteiger partial charge in [-0.05, 0) is 103 Å². The Morgan fingerprint density at radius 1 is 0.458 bits per heavy atom. The molecule has 1 heterocycles.